The van der Waals surface area contributed by atoms with Gasteiger partial charge in [0.15, 0.2) is 4.32 Å². The molecule has 0 radical (unpaired) electrons. The summed E-state index contributed by atoms with van der Waals surface area (Å²) in [6.07, 6.45) is 1.73. The topological polar surface area (TPSA) is 33.6 Å². The second-order valence-corrected chi connectivity index (χ2v) is 6.30. The predicted octanol–water partition coefficient (Wildman–Crippen LogP) is 4.15. The minimum Gasteiger partial charge on any atom is -0.497 e. The van der Waals surface area contributed by atoms with E-state index in [9.17, 15) is 0 Å². The Balaban J connectivity index is 1.82. The number of hydrogen-bond donors (Lipinski definition) is 1. The maximum absolute atomic E-state index is 5.27. The highest BCUT2D eigenvalue weighted by atomic mass is 32.2. The molecule has 22 heavy (non-hydrogen) atoms. The third-order valence-electron chi connectivity index (χ3n) is 3.08. The molecule has 0 bridgehead atoms. The highest BCUT2D eigenvalue weighted by Gasteiger charge is 2.00. The minimum atomic E-state index is 0.655. The van der Waals surface area contributed by atoms with Crippen LogP contribution in [-0.4, -0.2) is 17.6 Å². The van der Waals surface area contributed by atoms with Crippen molar-refractivity contribution in [2.24, 2.45) is 5.10 Å². The Morgan fingerprint density at radius 1 is 1.27 bits per heavy atom. The van der Waals surface area contributed by atoms with Gasteiger partial charge in [0.1, 0.15) is 5.75 Å². The van der Waals surface area contributed by atoms with Crippen LogP contribution >= 0.6 is 24.0 Å². The van der Waals surface area contributed by atoms with Crippen LogP contribution in [0.5, 0.6) is 5.75 Å². The van der Waals surface area contributed by atoms with Gasteiger partial charge < -0.3 is 4.74 Å². The quantitative estimate of drug-likeness (QED) is 0.507. The van der Waals surface area contributed by atoms with Gasteiger partial charge in [0.25, 0.3) is 0 Å². The molecule has 0 unspecified atom stereocenters. The lowest BCUT2D eigenvalue weighted by molar-refractivity contribution is 0.415. The van der Waals surface area contributed by atoms with Gasteiger partial charge in [-0.1, -0.05) is 60.4 Å². The summed E-state index contributed by atoms with van der Waals surface area (Å²) in [5.74, 6) is 1.65. The van der Waals surface area contributed by atoms with E-state index in [0.29, 0.717) is 4.32 Å². The lowest BCUT2D eigenvalue weighted by Crippen LogP contribution is -2.11. The van der Waals surface area contributed by atoms with Crippen molar-refractivity contribution in [3.8, 4) is 5.75 Å². The molecule has 0 atom stereocenters. The van der Waals surface area contributed by atoms with Crippen LogP contribution in [0.4, 0.5) is 0 Å². The van der Waals surface area contributed by atoms with Gasteiger partial charge in [-0.15, -0.1) is 0 Å². The predicted molar refractivity (Wildman–Crippen MR) is 98.8 cm³/mol. The van der Waals surface area contributed by atoms with E-state index in [2.05, 4.69) is 29.6 Å². The van der Waals surface area contributed by atoms with Crippen LogP contribution in [-0.2, 0) is 5.75 Å². The molecule has 0 saturated carbocycles. The summed E-state index contributed by atoms with van der Waals surface area (Å²) in [6, 6.07) is 16.0. The summed E-state index contributed by atoms with van der Waals surface area (Å²) in [5.41, 5.74) is 6.40. The van der Waals surface area contributed by atoms with Crippen molar-refractivity contribution in [1.29, 1.82) is 0 Å². The van der Waals surface area contributed by atoms with Crippen LogP contribution in [0, 0.1) is 6.92 Å². The van der Waals surface area contributed by atoms with E-state index in [0.717, 1.165) is 17.1 Å². The van der Waals surface area contributed by atoms with Crippen LogP contribution in [0.15, 0.2) is 53.6 Å². The minimum absolute atomic E-state index is 0.655. The number of hydrogen-bond acceptors (Lipinski definition) is 4. The van der Waals surface area contributed by atoms with Crippen molar-refractivity contribution in [2.45, 2.75) is 12.7 Å². The van der Waals surface area contributed by atoms with Gasteiger partial charge in [-0.2, -0.15) is 5.10 Å². The van der Waals surface area contributed by atoms with E-state index in [4.69, 9.17) is 17.0 Å². The van der Waals surface area contributed by atoms with Crippen molar-refractivity contribution < 1.29 is 4.74 Å². The molecule has 0 aliphatic carbocycles. The summed E-state index contributed by atoms with van der Waals surface area (Å²) >= 11 is 6.84. The van der Waals surface area contributed by atoms with Gasteiger partial charge in [0.2, 0.25) is 0 Å². The van der Waals surface area contributed by atoms with Gasteiger partial charge in [0.05, 0.1) is 13.3 Å². The number of thiocarbonyl (C=S) groups is 1. The van der Waals surface area contributed by atoms with Gasteiger partial charge in [-0.25, -0.2) is 0 Å². The fourth-order valence-electron chi connectivity index (χ4n) is 1.83. The molecule has 2 aromatic rings. The second kappa shape index (κ2) is 8.56. The van der Waals surface area contributed by atoms with Crippen molar-refractivity contribution >= 4 is 34.5 Å². The van der Waals surface area contributed by atoms with Gasteiger partial charge in [-0.05, 0) is 35.7 Å². The molecular formula is C17H18N2OS2. The van der Waals surface area contributed by atoms with Gasteiger partial charge in [0, 0.05) is 5.75 Å². The fourth-order valence-corrected chi connectivity index (χ4v) is 2.79. The molecule has 5 heteroatoms. The first kappa shape index (κ1) is 16.5. The highest BCUT2D eigenvalue weighted by molar-refractivity contribution is 8.22. The molecule has 0 aliphatic rings. The molecular weight excluding hydrogens is 312 g/mol. The molecule has 0 aromatic heterocycles. The number of nitrogens with zero attached hydrogens (tertiary/aromatic N) is 1. The summed E-state index contributed by atoms with van der Waals surface area (Å²) in [7, 11) is 1.64. The van der Waals surface area contributed by atoms with E-state index in [1.54, 1.807) is 25.1 Å². The summed E-state index contributed by atoms with van der Waals surface area (Å²) < 4.78 is 5.82. The molecule has 0 saturated heterocycles. The Morgan fingerprint density at radius 2 is 2.09 bits per heavy atom. The Bertz CT molecular complexity index is 671. The largest absolute Gasteiger partial charge is 0.497 e. The first-order valence-corrected chi connectivity index (χ1v) is 8.23. The molecule has 2 rings (SSSR count). The highest BCUT2D eigenvalue weighted by Crippen LogP contribution is 2.16. The third kappa shape index (κ3) is 5.16. The number of aryl methyl sites for hydroxylation is 1. The monoisotopic (exact) mass is 330 g/mol. The lowest BCUT2D eigenvalue weighted by Gasteiger charge is -2.05. The molecule has 0 fully saturated rings. The van der Waals surface area contributed by atoms with Crippen LogP contribution in [0.2, 0.25) is 0 Å². The van der Waals surface area contributed by atoms with Crippen LogP contribution in [0.3, 0.4) is 0 Å². The average Bonchev–Trinajstić information content (AvgIpc) is 2.54. The molecule has 0 aliphatic heterocycles. The van der Waals surface area contributed by atoms with Crippen molar-refractivity contribution in [1.82, 2.24) is 5.43 Å². The lowest BCUT2D eigenvalue weighted by atomic mass is 10.1. The Morgan fingerprint density at radius 3 is 2.86 bits per heavy atom. The van der Waals surface area contributed by atoms with Crippen molar-refractivity contribution in [2.75, 3.05) is 7.11 Å². The van der Waals surface area contributed by atoms with Crippen LogP contribution in [0.25, 0.3) is 0 Å². The number of thioether (sulfide) groups is 1. The maximum atomic E-state index is 5.27. The summed E-state index contributed by atoms with van der Waals surface area (Å²) in [6.45, 7) is 2.10. The molecule has 0 heterocycles. The van der Waals surface area contributed by atoms with E-state index in [-0.39, 0.29) is 0 Å². The number of nitrogens with one attached hydrogen (secondary N) is 1. The first-order chi connectivity index (χ1) is 10.7. The maximum Gasteiger partial charge on any atom is 0.154 e. The summed E-state index contributed by atoms with van der Waals surface area (Å²) in [5, 5.41) is 4.16. The number of ether oxygens (including phenoxy) is 1. The zero-order valence-corrected chi connectivity index (χ0v) is 14.2. The first-order valence-electron chi connectivity index (χ1n) is 6.83. The molecule has 114 valence electrons. The molecule has 3 nitrogen and oxygen atoms in total. The zero-order valence-electron chi connectivity index (χ0n) is 12.6. The smallest absolute Gasteiger partial charge is 0.154 e. The molecule has 2 aromatic carbocycles. The number of hydrazone groups is 1. The Hall–Kier alpha value is -1.85. The Kier molecular flexibility index (Phi) is 6.43. The second-order valence-electron chi connectivity index (χ2n) is 4.65. The Labute approximate surface area is 140 Å². The summed E-state index contributed by atoms with van der Waals surface area (Å²) in [4.78, 5) is 0. The average molecular weight is 330 g/mol. The van der Waals surface area contributed by atoms with Crippen molar-refractivity contribution in [3.63, 3.8) is 0 Å². The standard InChI is InChI=1S/C17H18N2OS2/c1-13-6-3-4-8-15(13)12-22-17(21)19-18-11-14-7-5-9-16(10-14)20-2/h3-11H,12H2,1-2H3,(H,19,21)/b18-11+. The molecule has 1 N–H and O–H groups in total. The van der Waals surface area contributed by atoms with E-state index < -0.39 is 0 Å². The van der Waals surface area contributed by atoms with E-state index in [1.165, 1.54) is 11.1 Å². The molecule has 0 spiro atoms. The van der Waals surface area contributed by atoms with Crippen LogP contribution in [0.1, 0.15) is 16.7 Å². The number of methoxy groups -OCH3 is 1. The number of rotatable bonds is 5. The number of benzene rings is 2. The SMILES string of the molecule is COc1cccc(/C=N/NC(=S)SCc2ccccc2C)c1. The van der Waals surface area contributed by atoms with Crippen LogP contribution < -0.4 is 10.2 Å². The fraction of sp³-hybridized carbons (Fsp3) is 0.176. The van der Waals surface area contributed by atoms with E-state index in [1.807, 2.05) is 36.4 Å². The van der Waals surface area contributed by atoms with Gasteiger partial charge >= 0.3 is 0 Å². The zero-order chi connectivity index (χ0) is 15.8. The van der Waals surface area contributed by atoms with Crippen molar-refractivity contribution in [3.05, 3.63) is 65.2 Å². The normalized spacial score (nSPS) is 10.6. The van der Waals surface area contributed by atoms with Gasteiger partial charge in [-0.3, -0.25) is 5.43 Å². The van der Waals surface area contributed by atoms with E-state index >= 15 is 0 Å². The third-order valence-corrected chi connectivity index (χ3v) is 4.34. The molecule has 0 amide bonds.